The van der Waals surface area contributed by atoms with Crippen LogP contribution in [0.4, 0.5) is 5.95 Å². The van der Waals surface area contributed by atoms with Crippen LogP contribution in [0.2, 0.25) is 0 Å². The van der Waals surface area contributed by atoms with E-state index in [4.69, 9.17) is 0 Å². The van der Waals surface area contributed by atoms with Gasteiger partial charge in [-0.3, -0.25) is 0 Å². The first-order valence-electron chi connectivity index (χ1n) is 9.21. The zero-order valence-electron chi connectivity index (χ0n) is 15.1. The van der Waals surface area contributed by atoms with Crippen LogP contribution in [-0.2, 0) is 0 Å². The summed E-state index contributed by atoms with van der Waals surface area (Å²) >= 11 is 0. The fraction of sp³-hybridized carbons (Fsp3) is 0.273. The molecule has 26 heavy (non-hydrogen) atoms. The van der Waals surface area contributed by atoms with Gasteiger partial charge in [0.15, 0.2) is 5.75 Å². The van der Waals surface area contributed by atoms with Crippen LogP contribution in [0.5, 0.6) is 5.75 Å². The largest absolute Gasteiger partial charge is 0.504 e. The second-order valence-corrected chi connectivity index (χ2v) is 6.40. The van der Waals surface area contributed by atoms with Crippen LogP contribution in [0.25, 0.3) is 11.3 Å². The monoisotopic (exact) mass is 347 g/mol. The molecule has 1 heterocycles. The fourth-order valence-corrected chi connectivity index (χ4v) is 3.02. The maximum atomic E-state index is 10.2. The van der Waals surface area contributed by atoms with Gasteiger partial charge in [-0.15, -0.1) is 0 Å². The number of nitrogens with one attached hydrogen (secondary N) is 1. The van der Waals surface area contributed by atoms with E-state index < -0.39 is 0 Å². The van der Waals surface area contributed by atoms with Crippen LogP contribution in [-0.4, -0.2) is 15.1 Å². The van der Waals surface area contributed by atoms with Gasteiger partial charge in [0.05, 0.1) is 12.2 Å². The first-order chi connectivity index (χ1) is 12.8. The van der Waals surface area contributed by atoms with Gasteiger partial charge in [-0.05, 0) is 12.0 Å². The Kier molecular flexibility index (Phi) is 6.20. The summed E-state index contributed by atoms with van der Waals surface area (Å²) in [5, 5.41) is 13.6. The number of aromatic nitrogens is 2. The predicted molar refractivity (Wildman–Crippen MR) is 106 cm³/mol. The molecule has 0 amide bonds. The van der Waals surface area contributed by atoms with Crippen molar-refractivity contribution >= 4 is 5.95 Å². The highest BCUT2D eigenvalue weighted by atomic mass is 16.3. The zero-order chi connectivity index (χ0) is 18.2. The van der Waals surface area contributed by atoms with Crippen molar-refractivity contribution in [3.8, 4) is 17.0 Å². The molecule has 3 rings (SSSR count). The minimum absolute atomic E-state index is 0.0870. The Labute approximate surface area is 155 Å². The molecule has 2 N–H and O–H groups in total. The molecular formula is C22H25N3O. The molecule has 1 atom stereocenters. The van der Waals surface area contributed by atoms with Gasteiger partial charge in [0.1, 0.15) is 5.69 Å². The molecule has 0 radical (unpaired) electrons. The minimum atomic E-state index is 0.0870. The number of benzene rings is 2. The van der Waals surface area contributed by atoms with E-state index in [9.17, 15) is 5.11 Å². The van der Waals surface area contributed by atoms with Crippen molar-refractivity contribution in [2.24, 2.45) is 0 Å². The average Bonchev–Trinajstić information content (AvgIpc) is 2.70. The van der Waals surface area contributed by atoms with Crippen molar-refractivity contribution in [1.82, 2.24) is 9.97 Å². The molecule has 0 bridgehead atoms. The highest BCUT2D eigenvalue weighted by Crippen LogP contribution is 2.29. The van der Waals surface area contributed by atoms with Gasteiger partial charge in [-0.25, -0.2) is 9.97 Å². The Morgan fingerprint density at radius 3 is 2.35 bits per heavy atom. The van der Waals surface area contributed by atoms with Crippen LogP contribution in [0.15, 0.2) is 66.9 Å². The lowest BCUT2D eigenvalue weighted by molar-refractivity contribution is 0.472. The SMILES string of the molecule is CCCCCC(Nc1ncc(O)c(-c2ccccc2)n1)c1ccccc1. The number of aromatic hydroxyl groups is 1. The lowest BCUT2D eigenvalue weighted by Gasteiger charge is -2.19. The van der Waals surface area contributed by atoms with Gasteiger partial charge >= 0.3 is 0 Å². The molecule has 0 saturated carbocycles. The summed E-state index contributed by atoms with van der Waals surface area (Å²) in [5.41, 5.74) is 2.64. The van der Waals surface area contributed by atoms with Crippen molar-refractivity contribution < 1.29 is 5.11 Å². The van der Waals surface area contributed by atoms with Crippen LogP contribution < -0.4 is 5.32 Å². The van der Waals surface area contributed by atoms with Gasteiger partial charge in [-0.2, -0.15) is 0 Å². The number of anilines is 1. The minimum Gasteiger partial charge on any atom is -0.504 e. The standard InChI is InChI=1S/C22H25N3O/c1-2-3-6-15-19(17-11-7-4-8-12-17)24-22-23-16-20(26)21(25-22)18-13-9-5-10-14-18/h4-5,7-14,16,19,26H,2-3,6,15H2,1H3,(H,23,24,25). The first-order valence-corrected chi connectivity index (χ1v) is 9.21. The first kappa shape index (κ1) is 17.9. The van der Waals surface area contributed by atoms with Crippen molar-refractivity contribution in [3.63, 3.8) is 0 Å². The Morgan fingerprint density at radius 2 is 1.65 bits per heavy atom. The maximum Gasteiger partial charge on any atom is 0.223 e. The Hall–Kier alpha value is -2.88. The third-order valence-corrected chi connectivity index (χ3v) is 4.42. The van der Waals surface area contributed by atoms with E-state index in [1.165, 1.54) is 24.6 Å². The van der Waals surface area contributed by atoms with E-state index in [2.05, 4.69) is 46.5 Å². The molecule has 134 valence electrons. The van der Waals surface area contributed by atoms with Gasteiger partial charge in [0.25, 0.3) is 0 Å². The molecule has 3 aromatic rings. The molecule has 0 aliphatic carbocycles. The number of nitrogens with zero attached hydrogens (tertiary/aromatic N) is 2. The summed E-state index contributed by atoms with van der Waals surface area (Å²) in [5.74, 6) is 0.621. The van der Waals surface area contributed by atoms with Gasteiger partial charge < -0.3 is 10.4 Å². The quantitative estimate of drug-likeness (QED) is 0.522. The molecule has 4 nitrogen and oxygen atoms in total. The molecular weight excluding hydrogens is 322 g/mol. The van der Waals surface area contributed by atoms with Gasteiger partial charge in [0, 0.05) is 5.56 Å². The lowest BCUT2D eigenvalue weighted by Crippen LogP contribution is -2.13. The van der Waals surface area contributed by atoms with E-state index in [1.807, 2.05) is 36.4 Å². The molecule has 4 heteroatoms. The topological polar surface area (TPSA) is 58.0 Å². The summed E-state index contributed by atoms with van der Waals surface area (Å²) in [6.45, 7) is 2.21. The third kappa shape index (κ3) is 4.60. The van der Waals surface area contributed by atoms with E-state index in [0.717, 1.165) is 18.4 Å². The summed E-state index contributed by atoms with van der Waals surface area (Å²) < 4.78 is 0. The number of hydrogen-bond donors (Lipinski definition) is 2. The highest BCUT2D eigenvalue weighted by Gasteiger charge is 2.14. The summed E-state index contributed by atoms with van der Waals surface area (Å²) in [6.07, 6.45) is 6.02. The summed E-state index contributed by atoms with van der Waals surface area (Å²) in [7, 11) is 0. The highest BCUT2D eigenvalue weighted by molar-refractivity contribution is 5.66. The van der Waals surface area contributed by atoms with Crippen LogP contribution >= 0.6 is 0 Å². The molecule has 0 aliphatic rings. The van der Waals surface area contributed by atoms with Crippen molar-refractivity contribution in [2.75, 3.05) is 5.32 Å². The summed E-state index contributed by atoms with van der Waals surface area (Å²) in [6, 6.07) is 20.2. The van der Waals surface area contributed by atoms with Gasteiger partial charge in [-0.1, -0.05) is 86.8 Å². The van der Waals surface area contributed by atoms with Crippen LogP contribution in [0.1, 0.15) is 44.2 Å². The Morgan fingerprint density at radius 1 is 0.962 bits per heavy atom. The van der Waals surface area contributed by atoms with Crippen LogP contribution in [0, 0.1) is 0 Å². The molecule has 1 unspecified atom stereocenters. The molecule has 0 aliphatic heterocycles. The fourth-order valence-electron chi connectivity index (χ4n) is 3.02. The van der Waals surface area contributed by atoms with E-state index in [-0.39, 0.29) is 11.8 Å². The van der Waals surface area contributed by atoms with Crippen molar-refractivity contribution in [2.45, 2.75) is 38.6 Å². The smallest absolute Gasteiger partial charge is 0.223 e. The Bertz CT molecular complexity index is 806. The number of unbranched alkanes of at least 4 members (excludes halogenated alkanes) is 2. The third-order valence-electron chi connectivity index (χ3n) is 4.42. The molecule has 2 aromatic carbocycles. The van der Waals surface area contributed by atoms with E-state index >= 15 is 0 Å². The zero-order valence-corrected chi connectivity index (χ0v) is 15.1. The van der Waals surface area contributed by atoms with E-state index in [1.54, 1.807) is 0 Å². The van der Waals surface area contributed by atoms with Gasteiger partial charge in [0.2, 0.25) is 5.95 Å². The van der Waals surface area contributed by atoms with E-state index in [0.29, 0.717) is 11.6 Å². The predicted octanol–water partition coefficient (Wildman–Crippen LogP) is 5.58. The maximum absolute atomic E-state index is 10.2. The molecule has 0 fully saturated rings. The van der Waals surface area contributed by atoms with Crippen molar-refractivity contribution in [3.05, 3.63) is 72.4 Å². The second-order valence-electron chi connectivity index (χ2n) is 6.40. The molecule has 0 saturated heterocycles. The number of hydrogen-bond acceptors (Lipinski definition) is 4. The molecule has 1 aromatic heterocycles. The van der Waals surface area contributed by atoms with Crippen molar-refractivity contribution in [1.29, 1.82) is 0 Å². The Balaban J connectivity index is 1.84. The average molecular weight is 347 g/mol. The van der Waals surface area contributed by atoms with Crippen LogP contribution in [0.3, 0.4) is 0 Å². The second kappa shape index (κ2) is 8.99. The normalized spacial score (nSPS) is 11.9. The lowest BCUT2D eigenvalue weighted by atomic mass is 10.0. The summed E-state index contributed by atoms with van der Waals surface area (Å²) in [4.78, 5) is 8.85. The molecule has 0 spiro atoms. The number of rotatable bonds is 8.